The minimum Gasteiger partial charge on any atom is -0.508 e. The van der Waals surface area contributed by atoms with Gasteiger partial charge in [0.25, 0.3) is 0 Å². The Bertz CT molecular complexity index is 599. The van der Waals surface area contributed by atoms with Gasteiger partial charge in [-0.2, -0.15) is 0 Å². The van der Waals surface area contributed by atoms with E-state index >= 15 is 0 Å². The van der Waals surface area contributed by atoms with Gasteiger partial charge in [-0.3, -0.25) is 0 Å². The molecule has 3 nitrogen and oxygen atoms in total. The number of aromatic hydroxyl groups is 2. The summed E-state index contributed by atoms with van der Waals surface area (Å²) in [6.45, 7) is 3.55. The van der Waals surface area contributed by atoms with Crippen molar-refractivity contribution < 1.29 is 14.6 Å². The fraction of sp³-hybridized carbons (Fsp3) is 0.200. The summed E-state index contributed by atoms with van der Waals surface area (Å²) >= 11 is 0. The van der Waals surface area contributed by atoms with Crippen LogP contribution in [0.25, 0.3) is 0 Å². The van der Waals surface area contributed by atoms with E-state index in [2.05, 4.69) is 5.32 Å². The summed E-state index contributed by atoms with van der Waals surface area (Å²) < 4.78 is 13.2. The quantitative estimate of drug-likeness (QED) is 0.738. The van der Waals surface area contributed by atoms with Gasteiger partial charge >= 0.3 is 0 Å². The summed E-state index contributed by atoms with van der Waals surface area (Å²) in [6.07, 6.45) is 0. The molecule has 0 aromatic heterocycles. The Morgan fingerprint density at radius 3 is 2.53 bits per heavy atom. The highest BCUT2D eigenvalue weighted by Crippen LogP contribution is 2.30. The lowest BCUT2D eigenvalue weighted by Gasteiger charge is -2.17. The van der Waals surface area contributed by atoms with Gasteiger partial charge in [-0.25, -0.2) is 4.39 Å². The molecule has 0 saturated carbocycles. The maximum atomic E-state index is 13.2. The van der Waals surface area contributed by atoms with Gasteiger partial charge in [-0.15, -0.1) is 0 Å². The first kappa shape index (κ1) is 13.2. The van der Waals surface area contributed by atoms with Crippen LogP contribution in [0, 0.1) is 12.7 Å². The molecule has 0 fully saturated rings. The third kappa shape index (κ3) is 2.96. The molecule has 100 valence electrons. The molecule has 19 heavy (non-hydrogen) atoms. The minimum atomic E-state index is -0.251. The highest BCUT2D eigenvalue weighted by Gasteiger charge is 2.11. The van der Waals surface area contributed by atoms with Crippen LogP contribution in [0.2, 0.25) is 0 Å². The lowest BCUT2D eigenvalue weighted by molar-refractivity contribution is 0.451. The van der Waals surface area contributed by atoms with Crippen molar-refractivity contribution in [3.05, 3.63) is 53.3 Å². The molecule has 3 N–H and O–H groups in total. The van der Waals surface area contributed by atoms with Gasteiger partial charge in [0.2, 0.25) is 0 Å². The van der Waals surface area contributed by atoms with Crippen LogP contribution >= 0.6 is 0 Å². The van der Waals surface area contributed by atoms with Crippen LogP contribution < -0.4 is 5.32 Å². The first-order chi connectivity index (χ1) is 8.97. The Morgan fingerprint density at radius 1 is 1.11 bits per heavy atom. The fourth-order valence-corrected chi connectivity index (χ4v) is 1.95. The van der Waals surface area contributed by atoms with Gasteiger partial charge in [-0.1, -0.05) is 0 Å². The summed E-state index contributed by atoms with van der Waals surface area (Å²) in [6, 6.07) is 8.89. The summed E-state index contributed by atoms with van der Waals surface area (Å²) in [5.74, 6) is -0.0493. The Hall–Kier alpha value is -2.23. The molecule has 4 heteroatoms. The predicted octanol–water partition coefficient (Wildman–Crippen LogP) is 3.72. The van der Waals surface area contributed by atoms with Gasteiger partial charge in [0.15, 0.2) is 0 Å². The molecule has 0 radical (unpaired) electrons. The number of phenols is 2. The third-order valence-corrected chi connectivity index (χ3v) is 3.02. The Morgan fingerprint density at radius 2 is 1.84 bits per heavy atom. The van der Waals surface area contributed by atoms with Crippen molar-refractivity contribution in [3.8, 4) is 11.5 Å². The zero-order valence-electron chi connectivity index (χ0n) is 10.8. The van der Waals surface area contributed by atoms with E-state index in [-0.39, 0.29) is 23.4 Å². The maximum absolute atomic E-state index is 13.2. The van der Waals surface area contributed by atoms with Crippen LogP contribution in [0.5, 0.6) is 11.5 Å². The first-order valence-corrected chi connectivity index (χ1v) is 6.02. The van der Waals surface area contributed by atoms with Crippen molar-refractivity contribution >= 4 is 5.69 Å². The average Bonchev–Trinajstić information content (AvgIpc) is 2.36. The summed E-state index contributed by atoms with van der Waals surface area (Å²) in [7, 11) is 0. The van der Waals surface area contributed by atoms with Crippen LogP contribution in [0.15, 0.2) is 36.4 Å². The molecule has 1 atom stereocenters. The highest BCUT2D eigenvalue weighted by atomic mass is 19.1. The van der Waals surface area contributed by atoms with Crippen molar-refractivity contribution in [3.63, 3.8) is 0 Å². The number of nitrogens with one attached hydrogen (secondary N) is 1. The molecule has 2 aromatic rings. The lowest BCUT2D eigenvalue weighted by atomic mass is 10.1. The normalized spacial score (nSPS) is 12.2. The van der Waals surface area contributed by atoms with E-state index in [1.807, 2.05) is 6.92 Å². The van der Waals surface area contributed by atoms with E-state index < -0.39 is 0 Å². The number of benzene rings is 2. The average molecular weight is 261 g/mol. The van der Waals surface area contributed by atoms with Gasteiger partial charge in [0.1, 0.15) is 17.3 Å². The zero-order valence-corrected chi connectivity index (χ0v) is 10.8. The molecule has 0 amide bonds. The fourth-order valence-electron chi connectivity index (χ4n) is 1.95. The summed E-state index contributed by atoms with van der Waals surface area (Å²) in [5, 5.41) is 22.4. The summed E-state index contributed by atoms with van der Waals surface area (Å²) in [4.78, 5) is 0. The van der Waals surface area contributed by atoms with Crippen molar-refractivity contribution in [2.75, 3.05) is 5.32 Å². The monoisotopic (exact) mass is 261 g/mol. The molecular weight excluding hydrogens is 245 g/mol. The molecule has 1 unspecified atom stereocenters. The molecule has 2 aromatic carbocycles. The number of halogens is 1. The van der Waals surface area contributed by atoms with E-state index in [4.69, 9.17) is 0 Å². The van der Waals surface area contributed by atoms with Crippen molar-refractivity contribution in [1.29, 1.82) is 0 Å². The molecule has 0 aliphatic carbocycles. The SMILES string of the molecule is Cc1cc(NC(C)c2cc(O)ccc2O)ccc1F. The molecule has 0 aliphatic rings. The van der Waals surface area contributed by atoms with Crippen LogP contribution in [-0.2, 0) is 0 Å². The number of hydrogen-bond acceptors (Lipinski definition) is 3. The minimum absolute atomic E-state index is 0.0942. The maximum Gasteiger partial charge on any atom is 0.126 e. The second-order valence-corrected chi connectivity index (χ2v) is 4.57. The van der Waals surface area contributed by atoms with E-state index in [0.29, 0.717) is 11.1 Å². The van der Waals surface area contributed by atoms with Crippen molar-refractivity contribution in [2.24, 2.45) is 0 Å². The molecule has 2 rings (SSSR count). The molecule has 0 saturated heterocycles. The van der Waals surface area contributed by atoms with Gasteiger partial charge in [-0.05, 0) is 55.8 Å². The van der Waals surface area contributed by atoms with Gasteiger partial charge in [0, 0.05) is 11.3 Å². The van der Waals surface area contributed by atoms with Crippen LogP contribution in [0.4, 0.5) is 10.1 Å². The Balaban J connectivity index is 2.22. The van der Waals surface area contributed by atoms with E-state index in [9.17, 15) is 14.6 Å². The Kier molecular flexibility index (Phi) is 3.60. The Labute approximate surface area is 111 Å². The first-order valence-electron chi connectivity index (χ1n) is 6.02. The van der Waals surface area contributed by atoms with Gasteiger partial charge < -0.3 is 15.5 Å². The van der Waals surface area contributed by atoms with E-state index in [1.54, 1.807) is 19.1 Å². The van der Waals surface area contributed by atoms with Crippen molar-refractivity contribution in [2.45, 2.75) is 19.9 Å². The summed E-state index contributed by atoms with van der Waals surface area (Å²) in [5.41, 5.74) is 1.90. The van der Waals surface area contributed by atoms with Crippen LogP contribution in [0.3, 0.4) is 0 Å². The predicted molar refractivity (Wildman–Crippen MR) is 72.9 cm³/mol. The largest absolute Gasteiger partial charge is 0.508 e. The van der Waals surface area contributed by atoms with Crippen LogP contribution in [0.1, 0.15) is 24.1 Å². The zero-order chi connectivity index (χ0) is 14.0. The number of phenolic OH excluding ortho intramolecular Hbond substituents is 2. The third-order valence-electron chi connectivity index (χ3n) is 3.02. The smallest absolute Gasteiger partial charge is 0.126 e. The topological polar surface area (TPSA) is 52.5 Å². The van der Waals surface area contributed by atoms with E-state index in [0.717, 1.165) is 5.69 Å². The molecule has 0 aliphatic heterocycles. The second-order valence-electron chi connectivity index (χ2n) is 4.57. The molecular formula is C15H16FNO2. The molecule has 0 bridgehead atoms. The van der Waals surface area contributed by atoms with E-state index in [1.165, 1.54) is 24.3 Å². The van der Waals surface area contributed by atoms with Gasteiger partial charge in [0.05, 0.1) is 6.04 Å². The number of rotatable bonds is 3. The standard InChI is InChI=1S/C15H16FNO2/c1-9-7-11(3-5-14(9)16)17-10(2)13-8-12(18)4-6-15(13)19/h3-8,10,17-19H,1-2H3. The second kappa shape index (κ2) is 5.18. The lowest BCUT2D eigenvalue weighted by Crippen LogP contribution is -2.07. The number of aryl methyl sites for hydroxylation is 1. The molecule has 0 heterocycles. The van der Waals surface area contributed by atoms with Crippen LogP contribution in [-0.4, -0.2) is 10.2 Å². The molecule has 0 spiro atoms. The highest BCUT2D eigenvalue weighted by molar-refractivity contribution is 5.50. The number of anilines is 1. The van der Waals surface area contributed by atoms with Crippen molar-refractivity contribution in [1.82, 2.24) is 0 Å². The number of hydrogen-bond donors (Lipinski definition) is 3.